The minimum Gasteiger partial charge on any atom is -0.315 e. The van der Waals surface area contributed by atoms with Gasteiger partial charge in [-0.3, -0.25) is 4.57 Å². The van der Waals surface area contributed by atoms with Crippen LogP contribution in [0.15, 0.2) is 25.3 Å². The van der Waals surface area contributed by atoms with Gasteiger partial charge in [-0.15, -0.1) is 6.58 Å². The Morgan fingerprint density at radius 3 is 2.59 bits per heavy atom. The first kappa shape index (κ1) is 21.9. The number of rotatable bonds is 11. The van der Waals surface area contributed by atoms with Crippen molar-refractivity contribution in [3.8, 4) is 0 Å². The third-order valence-electron chi connectivity index (χ3n) is 3.94. The van der Waals surface area contributed by atoms with E-state index in [0.717, 1.165) is 0 Å². The molecule has 27 heavy (non-hydrogen) atoms. The SMILES string of the molecule is C=CC(CCn1cnc2c(Cl)ncnc21)CC(F)(F)P(=O)(OCC)OCC. The number of fused-ring (bicyclic) bond motifs is 1. The first-order valence-electron chi connectivity index (χ1n) is 8.48. The number of imidazole rings is 1. The number of allylic oxidation sites excluding steroid dienone is 1. The number of alkyl halides is 2. The summed E-state index contributed by atoms with van der Waals surface area (Å²) in [5.41, 5.74) is -2.67. The van der Waals surface area contributed by atoms with Crippen LogP contribution >= 0.6 is 19.2 Å². The number of nitrogens with zero attached hydrogens (tertiary/aromatic N) is 4. The molecule has 0 aliphatic rings. The van der Waals surface area contributed by atoms with Crippen LogP contribution in [0.25, 0.3) is 11.2 Å². The summed E-state index contributed by atoms with van der Waals surface area (Å²) in [7, 11) is -4.56. The van der Waals surface area contributed by atoms with Crippen LogP contribution in [0, 0.1) is 5.92 Å². The van der Waals surface area contributed by atoms with Crippen molar-refractivity contribution in [2.24, 2.45) is 5.92 Å². The highest BCUT2D eigenvalue weighted by atomic mass is 35.5. The minimum atomic E-state index is -4.56. The van der Waals surface area contributed by atoms with E-state index in [1.807, 2.05) is 0 Å². The van der Waals surface area contributed by atoms with Crippen LogP contribution in [0.3, 0.4) is 0 Å². The van der Waals surface area contributed by atoms with Gasteiger partial charge in [0.1, 0.15) is 11.8 Å². The Balaban J connectivity index is 2.11. The third-order valence-corrected chi connectivity index (χ3v) is 6.39. The topological polar surface area (TPSA) is 79.1 Å². The van der Waals surface area contributed by atoms with Crippen LogP contribution in [0.5, 0.6) is 0 Å². The molecule has 0 spiro atoms. The lowest BCUT2D eigenvalue weighted by Gasteiger charge is -2.28. The van der Waals surface area contributed by atoms with Crippen LogP contribution in [0.1, 0.15) is 26.7 Å². The molecule has 0 fully saturated rings. The Hall–Kier alpha value is -1.41. The van der Waals surface area contributed by atoms with E-state index < -0.39 is 25.6 Å². The summed E-state index contributed by atoms with van der Waals surface area (Å²) in [6.45, 7) is 6.69. The van der Waals surface area contributed by atoms with Gasteiger partial charge < -0.3 is 13.6 Å². The van der Waals surface area contributed by atoms with Gasteiger partial charge in [-0.05, 0) is 26.2 Å². The fourth-order valence-corrected chi connectivity index (χ4v) is 4.38. The highest BCUT2D eigenvalue weighted by molar-refractivity contribution is 7.55. The fourth-order valence-electron chi connectivity index (χ4n) is 2.62. The van der Waals surface area contributed by atoms with Crippen LogP contribution < -0.4 is 0 Å². The zero-order valence-corrected chi connectivity index (χ0v) is 16.8. The van der Waals surface area contributed by atoms with Crippen molar-refractivity contribution in [1.82, 2.24) is 19.5 Å². The molecule has 11 heteroatoms. The lowest BCUT2D eigenvalue weighted by atomic mass is 10.0. The van der Waals surface area contributed by atoms with Gasteiger partial charge in [0.05, 0.1) is 19.5 Å². The van der Waals surface area contributed by atoms with Crippen LogP contribution in [0.4, 0.5) is 8.78 Å². The van der Waals surface area contributed by atoms with Crippen molar-refractivity contribution in [1.29, 1.82) is 0 Å². The predicted octanol–water partition coefficient (Wildman–Crippen LogP) is 4.92. The van der Waals surface area contributed by atoms with E-state index >= 15 is 0 Å². The molecule has 1 unspecified atom stereocenters. The van der Waals surface area contributed by atoms with Gasteiger partial charge in [0.15, 0.2) is 10.8 Å². The molecule has 0 saturated heterocycles. The highest BCUT2D eigenvalue weighted by Crippen LogP contribution is 2.64. The summed E-state index contributed by atoms with van der Waals surface area (Å²) in [5, 5.41) is 0.222. The summed E-state index contributed by atoms with van der Waals surface area (Å²) >= 11 is 5.96. The van der Waals surface area contributed by atoms with Gasteiger partial charge in [-0.2, -0.15) is 8.78 Å². The lowest BCUT2D eigenvalue weighted by molar-refractivity contribution is 0.0214. The molecule has 0 radical (unpaired) electrons. The van der Waals surface area contributed by atoms with E-state index in [-0.39, 0.29) is 18.4 Å². The minimum absolute atomic E-state index is 0.132. The normalized spacial score (nSPS) is 13.8. The van der Waals surface area contributed by atoms with E-state index in [1.54, 1.807) is 4.57 Å². The molecular weight excluding hydrogens is 401 g/mol. The zero-order chi connectivity index (χ0) is 20.1. The largest absolute Gasteiger partial charge is 0.399 e. The Labute approximate surface area is 161 Å². The van der Waals surface area contributed by atoms with Crippen molar-refractivity contribution >= 4 is 30.4 Å². The summed E-state index contributed by atoms with van der Waals surface area (Å²) in [6.07, 6.45) is 3.86. The summed E-state index contributed by atoms with van der Waals surface area (Å²) in [5.74, 6) is -0.621. The lowest BCUT2D eigenvalue weighted by Crippen LogP contribution is -2.24. The maximum atomic E-state index is 14.6. The molecule has 0 aliphatic heterocycles. The van der Waals surface area contributed by atoms with Gasteiger partial charge in [-0.1, -0.05) is 17.7 Å². The second-order valence-electron chi connectivity index (χ2n) is 5.76. The van der Waals surface area contributed by atoms with Crippen LogP contribution in [-0.4, -0.2) is 38.4 Å². The van der Waals surface area contributed by atoms with Crippen molar-refractivity contribution in [3.05, 3.63) is 30.5 Å². The van der Waals surface area contributed by atoms with E-state index in [0.29, 0.717) is 24.1 Å². The van der Waals surface area contributed by atoms with Gasteiger partial charge in [0.25, 0.3) is 0 Å². The molecule has 0 amide bonds. The van der Waals surface area contributed by atoms with Gasteiger partial charge in [0.2, 0.25) is 0 Å². The molecule has 2 aromatic rings. The first-order valence-corrected chi connectivity index (χ1v) is 10.4. The molecule has 2 heterocycles. The average Bonchev–Trinajstić information content (AvgIpc) is 3.03. The molecule has 0 N–H and O–H groups in total. The van der Waals surface area contributed by atoms with E-state index in [4.69, 9.17) is 20.6 Å². The molecule has 0 saturated carbocycles. The molecule has 0 aliphatic carbocycles. The number of aromatic nitrogens is 4. The summed E-state index contributed by atoms with van der Waals surface area (Å²) < 4.78 is 53.0. The van der Waals surface area contributed by atoms with Gasteiger partial charge in [0, 0.05) is 13.0 Å². The van der Waals surface area contributed by atoms with E-state index in [9.17, 15) is 13.3 Å². The standard InChI is InChI=1S/C16H22ClF2N4O3P/c1-4-12(9-16(18,19)27(24,25-5-2)26-6-3)7-8-23-11-22-13-14(17)20-10-21-15(13)23/h4,10-12H,1,5-9H2,2-3H3. The fraction of sp³-hybridized carbons (Fsp3) is 0.562. The molecule has 2 aromatic heterocycles. The smallest absolute Gasteiger partial charge is 0.315 e. The van der Waals surface area contributed by atoms with Crippen LogP contribution in [0.2, 0.25) is 5.15 Å². The highest BCUT2D eigenvalue weighted by Gasteiger charge is 2.53. The molecule has 2 rings (SSSR count). The predicted molar refractivity (Wildman–Crippen MR) is 99.1 cm³/mol. The van der Waals surface area contributed by atoms with E-state index in [1.165, 1.54) is 32.6 Å². The Morgan fingerprint density at radius 1 is 1.33 bits per heavy atom. The Kier molecular flexibility index (Phi) is 7.45. The van der Waals surface area contributed by atoms with Crippen LogP contribution in [-0.2, 0) is 20.2 Å². The molecule has 0 bridgehead atoms. The summed E-state index contributed by atoms with van der Waals surface area (Å²) in [6, 6.07) is 0. The first-order chi connectivity index (χ1) is 12.8. The number of halogens is 3. The molecule has 0 aromatic carbocycles. The average molecular weight is 423 g/mol. The van der Waals surface area contributed by atoms with Crippen molar-refractivity contribution < 1.29 is 22.4 Å². The number of hydrogen-bond acceptors (Lipinski definition) is 6. The maximum Gasteiger partial charge on any atom is 0.399 e. The van der Waals surface area contributed by atoms with Crippen molar-refractivity contribution in [3.63, 3.8) is 0 Å². The Bertz CT molecular complexity index is 823. The molecule has 150 valence electrons. The number of aryl methyl sites for hydroxylation is 1. The molecule has 7 nitrogen and oxygen atoms in total. The third kappa shape index (κ3) is 4.90. The molecule has 1 atom stereocenters. The van der Waals surface area contributed by atoms with Crippen molar-refractivity contribution in [2.45, 2.75) is 38.9 Å². The summed E-state index contributed by atoms with van der Waals surface area (Å²) in [4.78, 5) is 12.1. The monoisotopic (exact) mass is 422 g/mol. The van der Waals surface area contributed by atoms with Crippen molar-refractivity contribution in [2.75, 3.05) is 13.2 Å². The van der Waals surface area contributed by atoms with E-state index in [2.05, 4.69) is 21.5 Å². The maximum absolute atomic E-state index is 14.6. The zero-order valence-electron chi connectivity index (χ0n) is 15.1. The number of hydrogen-bond donors (Lipinski definition) is 0. The van der Waals surface area contributed by atoms with Gasteiger partial charge in [-0.25, -0.2) is 15.0 Å². The quantitative estimate of drug-likeness (QED) is 0.290. The van der Waals surface area contributed by atoms with Gasteiger partial charge >= 0.3 is 13.3 Å². The molecular formula is C16H22ClF2N4O3P. The Morgan fingerprint density at radius 2 is 2.00 bits per heavy atom. The second kappa shape index (κ2) is 9.19. The second-order valence-corrected chi connectivity index (χ2v) is 8.29.